The summed E-state index contributed by atoms with van der Waals surface area (Å²) in [5, 5.41) is 11.3. The number of rotatable bonds is 10. The van der Waals surface area contributed by atoms with Crippen LogP contribution in [0.4, 0.5) is 31.1 Å². The number of hydrogen-bond acceptors (Lipinski definition) is 5. The summed E-state index contributed by atoms with van der Waals surface area (Å²) >= 11 is 0. The van der Waals surface area contributed by atoms with Crippen LogP contribution in [0.3, 0.4) is 0 Å². The van der Waals surface area contributed by atoms with Gasteiger partial charge in [-0.3, -0.25) is 0 Å². The number of halogens is 6. The van der Waals surface area contributed by atoms with Gasteiger partial charge < -0.3 is 25.0 Å². The average Bonchev–Trinajstić information content (AvgIpc) is 2.89. The third kappa shape index (κ3) is 9.75. The van der Waals surface area contributed by atoms with Crippen molar-refractivity contribution in [3.8, 4) is 0 Å². The molecule has 2 rings (SSSR count). The molecule has 0 saturated carbocycles. The number of nitrogens with zero attached hydrogens (tertiary/aromatic N) is 5. The van der Waals surface area contributed by atoms with Gasteiger partial charge in [0.2, 0.25) is 5.96 Å². The summed E-state index contributed by atoms with van der Waals surface area (Å²) in [6.45, 7) is 7.24. The number of amides is 1. The molecule has 9 nitrogen and oxygen atoms in total. The SMILES string of the molecule is CC[C@@H]1CC(N(Cc2cc(C(F)(F)F)cc(C(F)(F)F)c2)/C(N)=N/N=NCCOC)C[C@H](CC)N1C(=O)OC(C)C. The van der Waals surface area contributed by atoms with Gasteiger partial charge in [-0.2, -0.15) is 31.5 Å². The van der Waals surface area contributed by atoms with Gasteiger partial charge >= 0.3 is 18.4 Å². The van der Waals surface area contributed by atoms with Crippen molar-refractivity contribution in [2.24, 2.45) is 21.2 Å². The van der Waals surface area contributed by atoms with E-state index in [1.807, 2.05) is 13.8 Å². The third-order valence-electron chi connectivity index (χ3n) is 6.71. The van der Waals surface area contributed by atoms with Crippen LogP contribution in [0.5, 0.6) is 0 Å². The molecule has 0 bridgehead atoms. The van der Waals surface area contributed by atoms with Crippen molar-refractivity contribution in [3.05, 3.63) is 34.9 Å². The third-order valence-corrected chi connectivity index (χ3v) is 6.71. The number of methoxy groups -OCH3 is 1. The molecule has 1 fully saturated rings. The molecular formula is C26H38F6N6O3. The fourth-order valence-corrected chi connectivity index (χ4v) is 4.81. The number of likely N-dealkylation sites (tertiary alicyclic amines) is 1. The molecule has 15 heteroatoms. The standard InChI is InChI=1S/C26H38F6N6O3/c1-6-20-13-22(14-21(7-2)38(20)24(39)41-16(3)4)37(23(33)35-36-34-8-9-40-5)15-17-10-18(25(27,28)29)12-19(11-17)26(30,31)32/h10-12,16,20-22H,6-9,13-15H2,1-5H3,(H2,33,34,35)/t20-,21+,22?. The molecule has 0 aliphatic carbocycles. The van der Waals surface area contributed by atoms with E-state index in [4.69, 9.17) is 15.2 Å². The van der Waals surface area contributed by atoms with Gasteiger partial charge in [0, 0.05) is 31.8 Å². The second-order valence-electron chi connectivity index (χ2n) is 10.0. The molecular weight excluding hydrogens is 558 g/mol. The smallest absolute Gasteiger partial charge is 0.416 e. The lowest BCUT2D eigenvalue weighted by molar-refractivity contribution is -0.143. The van der Waals surface area contributed by atoms with E-state index in [1.165, 1.54) is 12.0 Å². The van der Waals surface area contributed by atoms with Crippen molar-refractivity contribution in [1.82, 2.24) is 9.80 Å². The van der Waals surface area contributed by atoms with Gasteiger partial charge in [0.05, 0.1) is 30.4 Å². The Morgan fingerprint density at radius 1 is 1.05 bits per heavy atom. The first kappa shape index (κ1) is 34.1. The monoisotopic (exact) mass is 596 g/mol. The van der Waals surface area contributed by atoms with Crippen LogP contribution in [0, 0.1) is 0 Å². The lowest BCUT2D eigenvalue weighted by Gasteiger charge is -2.47. The maximum Gasteiger partial charge on any atom is 0.416 e. The Morgan fingerprint density at radius 3 is 2.02 bits per heavy atom. The Hall–Kier alpha value is -3.10. The fourth-order valence-electron chi connectivity index (χ4n) is 4.81. The highest BCUT2D eigenvalue weighted by atomic mass is 19.4. The Kier molecular flexibility index (Phi) is 12.2. The molecule has 3 atom stereocenters. The lowest BCUT2D eigenvalue weighted by Crippen LogP contribution is -2.58. The quantitative estimate of drug-likeness (QED) is 0.0838. The largest absolute Gasteiger partial charge is 0.447 e. The first-order valence-corrected chi connectivity index (χ1v) is 13.3. The maximum atomic E-state index is 13.5. The number of piperidine rings is 1. The van der Waals surface area contributed by atoms with Crippen LogP contribution in [0.25, 0.3) is 0 Å². The summed E-state index contributed by atoms with van der Waals surface area (Å²) in [6.07, 6.45) is -9.12. The van der Waals surface area contributed by atoms with Gasteiger partial charge in [0.25, 0.3) is 0 Å². The van der Waals surface area contributed by atoms with Crippen LogP contribution < -0.4 is 5.73 Å². The zero-order chi connectivity index (χ0) is 31.0. The van der Waals surface area contributed by atoms with Crippen molar-refractivity contribution in [2.45, 2.75) is 96.5 Å². The minimum Gasteiger partial charge on any atom is -0.447 e. The van der Waals surface area contributed by atoms with E-state index in [9.17, 15) is 31.1 Å². The van der Waals surface area contributed by atoms with Gasteiger partial charge in [-0.15, -0.1) is 0 Å². The number of carbonyl (C=O) groups is 1. The predicted molar refractivity (Wildman–Crippen MR) is 140 cm³/mol. The van der Waals surface area contributed by atoms with Gasteiger partial charge in [-0.05, 0) is 68.5 Å². The van der Waals surface area contributed by atoms with E-state index >= 15 is 0 Å². The summed E-state index contributed by atoms with van der Waals surface area (Å²) in [5.74, 6) is -0.231. The number of benzene rings is 1. The first-order valence-electron chi connectivity index (χ1n) is 13.3. The molecule has 0 radical (unpaired) electrons. The molecule has 1 heterocycles. The molecule has 1 aromatic rings. The Bertz CT molecular complexity index is 1020. The summed E-state index contributed by atoms with van der Waals surface area (Å²) in [7, 11) is 1.47. The van der Waals surface area contributed by atoms with Crippen LogP contribution in [-0.2, 0) is 28.4 Å². The van der Waals surface area contributed by atoms with Gasteiger partial charge in [0.1, 0.15) is 0 Å². The maximum absolute atomic E-state index is 13.5. The van der Waals surface area contributed by atoms with E-state index in [2.05, 4.69) is 15.4 Å². The number of carbonyl (C=O) groups excluding carboxylic acids is 1. The van der Waals surface area contributed by atoms with Crippen molar-refractivity contribution in [2.75, 3.05) is 20.3 Å². The van der Waals surface area contributed by atoms with Gasteiger partial charge in [-0.25, -0.2) is 4.79 Å². The van der Waals surface area contributed by atoms with E-state index < -0.39 is 42.2 Å². The highest BCUT2D eigenvalue weighted by molar-refractivity contribution is 5.78. The number of hydrogen-bond donors (Lipinski definition) is 1. The molecule has 0 aromatic heterocycles. The molecule has 1 unspecified atom stereocenters. The summed E-state index contributed by atoms with van der Waals surface area (Å²) in [5.41, 5.74) is 3.12. The second-order valence-corrected chi connectivity index (χ2v) is 10.0. The molecule has 1 aliphatic rings. The fraction of sp³-hybridized carbons (Fsp3) is 0.692. The summed E-state index contributed by atoms with van der Waals surface area (Å²) in [6, 6.07) is 0.272. The zero-order valence-electron chi connectivity index (χ0n) is 23.8. The number of nitrogens with two attached hydrogens (primary N) is 1. The molecule has 41 heavy (non-hydrogen) atoms. The molecule has 1 saturated heterocycles. The van der Waals surface area contributed by atoms with Crippen molar-refractivity contribution < 1.29 is 40.6 Å². The Morgan fingerprint density at radius 2 is 1.59 bits per heavy atom. The van der Waals surface area contributed by atoms with E-state index in [0.29, 0.717) is 37.8 Å². The van der Waals surface area contributed by atoms with Crippen LogP contribution in [0.15, 0.2) is 33.6 Å². The molecule has 1 aromatic carbocycles. The summed E-state index contributed by atoms with van der Waals surface area (Å²) in [4.78, 5) is 16.0. The highest BCUT2D eigenvalue weighted by Crippen LogP contribution is 2.37. The van der Waals surface area contributed by atoms with Crippen LogP contribution in [-0.4, -0.2) is 66.3 Å². The van der Waals surface area contributed by atoms with Crippen molar-refractivity contribution in [1.29, 1.82) is 0 Å². The predicted octanol–water partition coefficient (Wildman–Crippen LogP) is 6.42. The molecule has 2 N–H and O–H groups in total. The minimum absolute atomic E-state index is 0.0777. The normalized spacial score (nSPS) is 20.6. The van der Waals surface area contributed by atoms with Crippen molar-refractivity contribution >= 4 is 12.1 Å². The average molecular weight is 597 g/mol. The summed E-state index contributed by atoms with van der Waals surface area (Å²) < 4.78 is 91.6. The second kappa shape index (κ2) is 14.7. The minimum atomic E-state index is -5.00. The van der Waals surface area contributed by atoms with Crippen molar-refractivity contribution in [3.63, 3.8) is 0 Å². The molecule has 1 aliphatic heterocycles. The molecule has 1 amide bonds. The lowest BCUT2D eigenvalue weighted by atomic mass is 9.87. The Labute approximate surface area is 235 Å². The highest BCUT2D eigenvalue weighted by Gasteiger charge is 2.41. The van der Waals surface area contributed by atoms with Crippen LogP contribution in [0.2, 0.25) is 0 Å². The van der Waals surface area contributed by atoms with Crippen LogP contribution in [0.1, 0.15) is 70.1 Å². The van der Waals surface area contributed by atoms with E-state index in [-0.39, 0.29) is 48.9 Å². The van der Waals surface area contributed by atoms with Gasteiger partial charge in [0.15, 0.2) is 0 Å². The molecule has 0 spiro atoms. The van der Waals surface area contributed by atoms with Crippen LogP contribution >= 0.6 is 0 Å². The number of ether oxygens (including phenoxy) is 2. The van der Waals surface area contributed by atoms with E-state index in [1.54, 1.807) is 18.7 Å². The number of alkyl halides is 6. The topological polar surface area (TPSA) is 105 Å². The van der Waals surface area contributed by atoms with E-state index in [0.717, 1.165) is 0 Å². The molecule has 232 valence electrons. The number of guanidine groups is 1. The first-order chi connectivity index (χ1) is 19.1. The van der Waals surface area contributed by atoms with Gasteiger partial charge in [-0.1, -0.05) is 18.9 Å². The Balaban J connectivity index is 2.54. The zero-order valence-corrected chi connectivity index (χ0v) is 23.8.